The van der Waals surface area contributed by atoms with Crippen molar-refractivity contribution in [2.24, 2.45) is 0 Å². The number of hydrogen-bond acceptors (Lipinski definition) is 4. The lowest BCUT2D eigenvalue weighted by atomic mass is 10.0. The van der Waals surface area contributed by atoms with Gasteiger partial charge < -0.3 is 9.26 Å². The summed E-state index contributed by atoms with van der Waals surface area (Å²) in [5.41, 5.74) is 4.69. The Morgan fingerprint density at radius 1 is 1.10 bits per heavy atom. The van der Waals surface area contributed by atoms with Gasteiger partial charge >= 0.3 is 0 Å². The lowest BCUT2D eigenvalue weighted by Gasteiger charge is -2.11. The summed E-state index contributed by atoms with van der Waals surface area (Å²) in [5.74, 6) is 2.09. The van der Waals surface area contributed by atoms with Crippen molar-refractivity contribution >= 4 is 34.5 Å². The first-order valence-corrected chi connectivity index (χ1v) is 11.5. The maximum atomic E-state index is 6.44. The molecule has 1 aliphatic carbocycles. The second kappa shape index (κ2) is 8.10. The van der Waals surface area contributed by atoms with Crippen LogP contribution >= 0.6 is 34.5 Å². The first-order chi connectivity index (χ1) is 14.6. The van der Waals surface area contributed by atoms with Crippen molar-refractivity contribution < 1.29 is 9.26 Å². The van der Waals surface area contributed by atoms with Crippen LogP contribution < -0.4 is 4.74 Å². The topological polar surface area (TPSA) is 35.3 Å². The third kappa shape index (κ3) is 3.76. The highest BCUT2D eigenvalue weighted by molar-refractivity contribution is 7.13. The summed E-state index contributed by atoms with van der Waals surface area (Å²) in [6.07, 6.45) is 2.21. The molecular formula is C24H19Cl2NO2S. The van der Waals surface area contributed by atoms with Crippen molar-refractivity contribution in [3.8, 4) is 27.4 Å². The second-order valence-electron chi connectivity index (χ2n) is 7.49. The molecule has 1 aliphatic rings. The predicted molar refractivity (Wildman–Crippen MR) is 123 cm³/mol. The van der Waals surface area contributed by atoms with E-state index in [1.54, 1.807) is 11.3 Å². The van der Waals surface area contributed by atoms with Crippen LogP contribution in [0.15, 0.2) is 58.4 Å². The number of thiophene rings is 1. The van der Waals surface area contributed by atoms with Crippen LogP contribution in [0.5, 0.6) is 5.75 Å². The highest BCUT2D eigenvalue weighted by Crippen LogP contribution is 2.46. The summed E-state index contributed by atoms with van der Waals surface area (Å²) in [4.78, 5) is 1.25. The SMILES string of the molecule is Cc1cc(OCc2c(-c3c(Cl)cccc3Cl)noc2C2CC2)ccc1-c1cccs1. The average Bonchev–Trinajstić information content (AvgIpc) is 3.26. The number of nitrogens with zero attached hydrogens (tertiary/aromatic N) is 1. The van der Waals surface area contributed by atoms with Gasteiger partial charge in [0.2, 0.25) is 0 Å². The number of hydrogen-bond donors (Lipinski definition) is 0. The molecule has 0 saturated heterocycles. The summed E-state index contributed by atoms with van der Waals surface area (Å²) in [6, 6.07) is 15.8. The Balaban J connectivity index is 1.45. The molecule has 2 aromatic heterocycles. The van der Waals surface area contributed by atoms with Crippen LogP contribution in [0.25, 0.3) is 21.7 Å². The van der Waals surface area contributed by atoms with Gasteiger partial charge in [-0.3, -0.25) is 0 Å². The van der Waals surface area contributed by atoms with Crippen LogP contribution in [0.3, 0.4) is 0 Å². The molecule has 0 radical (unpaired) electrons. The number of rotatable bonds is 6. The van der Waals surface area contributed by atoms with E-state index < -0.39 is 0 Å². The fourth-order valence-electron chi connectivity index (χ4n) is 3.64. The Bertz CT molecular complexity index is 1180. The van der Waals surface area contributed by atoms with E-state index >= 15 is 0 Å². The van der Waals surface area contributed by atoms with Gasteiger partial charge in [-0.1, -0.05) is 40.5 Å². The molecule has 5 rings (SSSR count). The van der Waals surface area contributed by atoms with Crippen LogP contribution in [0.4, 0.5) is 0 Å². The first-order valence-electron chi connectivity index (χ1n) is 9.82. The van der Waals surface area contributed by atoms with Gasteiger partial charge in [0.25, 0.3) is 0 Å². The second-order valence-corrected chi connectivity index (χ2v) is 9.25. The normalized spacial score (nSPS) is 13.6. The number of halogens is 2. The summed E-state index contributed by atoms with van der Waals surface area (Å²) < 4.78 is 11.9. The van der Waals surface area contributed by atoms with Gasteiger partial charge in [0.05, 0.1) is 15.6 Å². The molecular weight excluding hydrogens is 437 g/mol. The third-order valence-electron chi connectivity index (χ3n) is 5.33. The van der Waals surface area contributed by atoms with Crippen molar-refractivity contribution in [2.75, 3.05) is 0 Å². The molecule has 0 amide bonds. The quantitative estimate of drug-likeness (QED) is 0.294. The van der Waals surface area contributed by atoms with Gasteiger partial charge in [0.15, 0.2) is 0 Å². The minimum Gasteiger partial charge on any atom is -0.489 e. The Morgan fingerprint density at radius 2 is 1.90 bits per heavy atom. The van der Waals surface area contributed by atoms with Gasteiger partial charge in [-0.25, -0.2) is 0 Å². The molecule has 1 saturated carbocycles. The molecule has 2 heterocycles. The number of benzene rings is 2. The molecule has 0 unspecified atom stereocenters. The minimum absolute atomic E-state index is 0.351. The predicted octanol–water partition coefficient (Wildman–Crippen LogP) is 8.14. The summed E-state index contributed by atoms with van der Waals surface area (Å²) >= 11 is 14.6. The van der Waals surface area contributed by atoms with E-state index in [-0.39, 0.29) is 0 Å². The van der Waals surface area contributed by atoms with E-state index in [0.29, 0.717) is 33.8 Å². The highest BCUT2D eigenvalue weighted by Gasteiger charge is 2.33. The van der Waals surface area contributed by atoms with Crippen molar-refractivity contribution in [1.82, 2.24) is 5.16 Å². The molecule has 3 nitrogen and oxygen atoms in total. The molecule has 0 aliphatic heterocycles. The molecule has 0 spiro atoms. The number of ether oxygens (including phenoxy) is 1. The van der Waals surface area contributed by atoms with Gasteiger partial charge in [0.1, 0.15) is 23.8 Å². The van der Waals surface area contributed by atoms with E-state index in [4.69, 9.17) is 32.5 Å². The van der Waals surface area contributed by atoms with Crippen LogP contribution in [0, 0.1) is 6.92 Å². The maximum Gasteiger partial charge on any atom is 0.147 e. The van der Waals surface area contributed by atoms with Crippen molar-refractivity contribution in [3.63, 3.8) is 0 Å². The highest BCUT2D eigenvalue weighted by atomic mass is 35.5. The Morgan fingerprint density at radius 3 is 2.57 bits per heavy atom. The smallest absolute Gasteiger partial charge is 0.147 e. The van der Waals surface area contributed by atoms with Gasteiger partial charge in [-0.15, -0.1) is 11.3 Å². The molecule has 0 atom stereocenters. The zero-order chi connectivity index (χ0) is 20.7. The Kier molecular flexibility index (Phi) is 5.32. The molecule has 152 valence electrons. The van der Waals surface area contributed by atoms with Crippen molar-refractivity contribution in [1.29, 1.82) is 0 Å². The molecule has 1 fully saturated rings. The van der Waals surface area contributed by atoms with Gasteiger partial charge in [-0.2, -0.15) is 0 Å². The van der Waals surface area contributed by atoms with Gasteiger partial charge in [-0.05, 0) is 72.7 Å². The van der Waals surface area contributed by atoms with E-state index in [1.807, 2.05) is 24.3 Å². The average molecular weight is 456 g/mol. The minimum atomic E-state index is 0.351. The molecule has 4 aromatic rings. The number of aryl methyl sites for hydroxylation is 1. The standard InChI is InChI=1S/C24H19Cl2NO2S/c1-14-12-16(9-10-17(14)21-6-3-11-30-21)28-13-18-23(27-29-24(18)15-7-8-15)22-19(25)4-2-5-20(22)26/h2-6,9-12,15H,7-8,13H2,1H3. The number of aromatic nitrogens is 1. The van der Waals surface area contributed by atoms with Crippen LogP contribution in [-0.2, 0) is 6.61 Å². The Labute approximate surface area is 189 Å². The molecule has 6 heteroatoms. The van der Waals surface area contributed by atoms with Crippen LogP contribution in [0.2, 0.25) is 10.0 Å². The van der Waals surface area contributed by atoms with Gasteiger partial charge in [0, 0.05) is 16.4 Å². The van der Waals surface area contributed by atoms with E-state index in [9.17, 15) is 0 Å². The first kappa shape index (κ1) is 19.7. The zero-order valence-electron chi connectivity index (χ0n) is 16.3. The molecule has 0 N–H and O–H groups in total. The van der Waals surface area contributed by atoms with Crippen LogP contribution in [-0.4, -0.2) is 5.16 Å². The fourth-order valence-corrected chi connectivity index (χ4v) is 5.03. The van der Waals surface area contributed by atoms with E-state index in [0.717, 1.165) is 29.9 Å². The van der Waals surface area contributed by atoms with Crippen molar-refractivity contribution in [2.45, 2.75) is 32.3 Å². The largest absolute Gasteiger partial charge is 0.489 e. The third-order valence-corrected chi connectivity index (χ3v) is 6.87. The van der Waals surface area contributed by atoms with Crippen molar-refractivity contribution in [3.05, 3.63) is 80.8 Å². The van der Waals surface area contributed by atoms with E-state index in [1.165, 1.54) is 16.0 Å². The molecule has 2 aromatic carbocycles. The fraction of sp³-hybridized carbons (Fsp3) is 0.208. The lowest BCUT2D eigenvalue weighted by molar-refractivity contribution is 0.300. The Hall–Kier alpha value is -2.27. The zero-order valence-corrected chi connectivity index (χ0v) is 18.7. The monoisotopic (exact) mass is 455 g/mol. The molecule has 30 heavy (non-hydrogen) atoms. The van der Waals surface area contributed by atoms with Crippen LogP contribution in [0.1, 0.15) is 35.6 Å². The molecule has 0 bridgehead atoms. The summed E-state index contributed by atoms with van der Waals surface area (Å²) in [7, 11) is 0. The van der Waals surface area contributed by atoms with E-state index in [2.05, 4.69) is 41.7 Å². The summed E-state index contributed by atoms with van der Waals surface area (Å²) in [5, 5.41) is 7.52. The maximum absolute atomic E-state index is 6.44. The lowest BCUT2D eigenvalue weighted by Crippen LogP contribution is -2.00. The summed E-state index contributed by atoms with van der Waals surface area (Å²) in [6.45, 7) is 2.45.